The number of nitrogens with zero attached hydrogens (tertiary/aromatic N) is 1. The van der Waals surface area contributed by atoms with E-state index in [-0.39, 0.29) is 12.1 Å². The van der Waals surface area contributed by atoms with Crippen LogP contribution in [-0.4, -0.2) is 22.6 Å². The summed E-state index contributed by atoms with van der Waals surface area (Å²) in [5.74, 6) is 3.01. The molecule has 0 aliphatic heterocycles. The highest BCUT2D eigenvalue weighted by Gasteiger charge is 2.34. The number of rotatable bonds is 1. The lowest BCUT2D eigenvalue weighted by Crippen LogP contribution is -2.35. The molecule has 1 fully saturated rings. The number of hydrogen-bond donors (Lipinski definition) is 0. The fourth-order valence-corrected chi connectivity index (χ4v) is 1.58. The normalized spacial score (nSPS) is 14.3. The lowest BCUT2D eigenvalue weighted by molar-refractivity contribution is 0.0341. The van der Waals surface area contributed by atoms with Crippen molar-refractivity contribution in [3.63, 3.8) is 0 Å². The van der Waals surface area contributed by atoms with Gasteiger partial charge in [-0.05, 0) is 51.7 Å². The predicted octanol–water partition coefficient (Wildman–Crippen LogP) is 3.40. The maximum atomic E-state index is 12.1. The molecule has 3 nitrogen and oxygen atoms in total. The van der Waals surface area contributed by atoms with Crippen molar-refractivity contribution in [1.82, 2.24) is 4.90 Å². The SMILES string of the molecule is CC(C)(C)OC(=O)N(C#Cc1ccccc1)C1CC1. The van der Waals surface area contributed by atoms with Crippen molar-refractivity contribution in [2.75, 3.05) is 0 Å². The van der Waals surface area contributed by atoms with Gasteiger partial charge in [0, 0.05) is 17.6 Å². The van der Waals surface area contributed by atoms with E-state index in [2.05, 4.69) is 12.0 Å². The summed E-state index contributed by atoms with van der Waals surface area (Å²) in [7, 11) is 0. The van der Waals surface area contributed by atoms with Gasteiger partial charge in [-0.15, -0.1) is 0 Å². The first-order valence-corrected chi connectivity index (χ1v) is 6.54. The van der Waals surface area contributed by atoms with Crippen LogP contribution < -0.4 is 0 Å². The third kappa shape index (κ3) is 4.33. The van der Waals surface area contributed by atoms with Crippen molar-refractivity contribution < 1.29 is 9.53 Å². The van der Waals surface area contributed by atoms with Gasteiger partial charge in [-0.1, -0.05) is 18.2 Å². The number of amides is 1. The van der Waals surface area contributed by atoms with Gasteiger partial charge in [0.25, 0.3) is 0 Å². The summed E-state index contributed by atoms with van der Waals surface area (Å²) in [6, 6.07) is 12.8. The molecular formula is C16H19NO2. The molecule has 1 saturated carbocycles. The molecule has 0 radical (unpaired) electrons. The van der Waals surface area contributed by atoms with Crippen LogP contribution in [0.1, 0.15) is 39.2 Å². The van der Waals surface area contributed by atoms with E-state index in [4.69, 9.17) is 4.74 Å². The lowest BCUT2D eigenvalue weighted by Gasteiger charge is -2.23. The fourth-order valence-electron chi connectivity index (χ4n) is 1.58. The topological polar surface area (TPSA) is 29.5 Å². The van der Waals surface area contributed by atoms with Crippen molar-refractivity contribution in [3.05, 3.63) is 35.9 Å². The molecule has 0 heterocycles. The van der Waals surface area contributed by atoms with Crippen molar-refractivity contribution in [2.45, 2.75) is 45.3 Å². The minimum Gasteiger partial charge on any atom is -0.443 e. The molecule has 100 valence electrons. The third-order valence-corrected chi connectivity index (χ3v) is 2.60. The molecule has 3 heteroatoms. The van der Waals surface area contributed by atoms with Crippen LogP contribution in [0.5, 0.6) is 0 Å². The van der Waals surface area contributed by atoms with Gasteiger partial charge in [-0.3, -0.25) is 0 Å². The monoisotopic (exact) mass is 257 g/mol. The van der Waals surface area contributed by atoms with Crippen LogP contribution >= 0.6 is 0 Å². The molecule has 1 amide bonds. The molecule has 0 spiro atoms. The molecule has 0 saturated heterocycles. The van der Waals surface area contributed by atoms with E-state index in [1.54, 1.807) is 0 Å². The highest BCUT2D eigenvalue weighted by molar-refractivity contribution is 5.71. The zero-order valence-electron chi connectivity index (χ0n) is 11.6. The summed E-state index contributed by atoms with van der Waals surface area (Å²) in [5.41, 5.74) is 0.412. The van der Waals surface area contributed by atoms with Crippen LogP contribution in [0.2, 0.25) is 0 Å². The van der Waals surface area contributed by atoms with Crippen LogP contribution in [0, 0.1) is 12.0 Å². The molecule has 2 rings (SSSR count). The van der Waals surface area contributed by atoms with Crippen LogP contribution in [0.4, 0.5) is 4.79 Å². The zero-order valence-corrected chi connectivity index (χ0v) is 11.6. The van der Waals surface area contributed by atoms with Crippen molar-refractivity contribution in [2.24, 2.45) is 0 Å². The number of carbonyl (C=O) groups is 1. The van der Waals surface area contributed by atoms with Crippen LogP contribution in [0.25, 0.3) is 0 Å². The summed E-state index contributed by atoms with van der Waals surface area (Å²) >= 11 is 0. The summed E-state index contributed by atoms with van der Waals surface area (Å²) in [6.45, 7) is 5.59. The van der Waals surface area contributed by atoms with Gasteiger partial charge in [-0.25, -0.2) is 9.69 Å². The van der Waals surface area contributed by atoms with Crippen LogP contribution in [0.15, 0.2) is 30.3 Å². The molecule has 1 aromatic rings. The Kier molecular flexibility index (Phi) is 3.80. The second-order valence-electron chi connectivity index (χ2n) is 5.68. The van der Waals surface area contributed by atoms with E-state index >= 15 is 0 Å². The Morgan fingerprint density at radius 2 is 1.89 bits per heavy atom. The molecular weight excluding hydrogens is 238 g/mol. The van der Waals surface area contributed by atoms with Gasteiger partial charge in [0.1, 0.15) is 5.60 Å². The Morgan fingerprint density at radius 1 is 1.26 bits per heavy atom. The Morgan fingerprint density at radius 3 is 2.42 bits per heavy atom. The first-order valence-electron chi connectivity index (χ1n) is 6.54. The minimum absolute atomic E-state index is 0.214. The average Bonchev–Trinajstić information content (AvgIpc) is 3.13. The van der Waals surface area contributed by atoms with E-state index in [0.717, 1.165) is 18.4 Å². The van der Waals surface area contributed by atoms with E-state index in [9.17, 15) is 4.79 Å². The molecule has 0 unspecified atom stereocenters. The molecule has 1 aromatic carbocycles. The van der Waals surface area contributed by atoms with Crippen LogP contribution in [0.3, 0.4) is 0 Å². The Labute approximate surface area is 114 Å². The third-order valence-electron chi connectivity index (χ3n) is 2.60. The molecule has 1 aliphatic rings. The Balaban J connectivity index is 2.09. The summed E-state index contributed by atoms with van der Waals surface area (Å²) in [5, 5.41) is 0. The summed E-state index contributed by atoms with van der Waals surface area (Å²) in [6.07, 6.45) is 1.66. The molecule has 19 heavy (non-hydrogen) atoms. The maximum Gasteiger partial charge on any atom is 0.422 e. The largest absolute Gasteiger partial charge is 0.443 e. The maximum absolute atomic E-state index is 12.1. The van der Waals surface area contributed by atoms with E-state index in [1.807, 2.05) is 51.1 Å². The second kappa shape index (κ2) is 5.36. The Hall–Kier alpha value is -1.95. The van der Waals surface area contributed by atoms with E-state index in [1.165, 1.54) is 4.90 Å². The first kappa shape index (κ1) is 13.5. The Bertz CT molecular complexity index is 501. The number of carbonyl (C=O) groups excluding carboxylic acids is 1. The number of hydrogen-bond acceptors (Lipinski definition) is 2. The molecule has 1 aliphatic carbocycles. The zero-order chi connectivity index (χ0) is 13.9. The quantitative estimate of drug-likeness (QED) is 0.570. The van der Waals surface area contributed by atoms with Crippen LogP contribution in [-0.2, 0) is 4.74 Å². The second-order valence-corrected chi connectivity index (χ2v) is 5.68. The molecule has 0 aromatic heterocycles. The first-order chi connectivity index (χ1) is 8.96. The smallest absolute Gasteiger partial charge is 0.422 e. The lowest BCUT2D eigenvalue weighted by atomic mass is 10.2. The highest BCUT2D eigenvalue weighted by atomic mass is 16.6. The van der Waals surface area contributed by atoms with Gasteiger partial charge in [0.05, 0.1) is 0 Å². The number of ether oxygens (including phenoxy) is 1. The van der Waals surface area contributed by atoms with E-state index in [0.29, 0.717) is 0 Å². The van der Waals surface area contributed by atoms with Crippen molar-refractivity contribution in [1.29, 1.82) is 0 Å². The minimum atomic E-state index is -0.487. The summed E-state index contributed by atoms with van der Waals surface area (Å²) in [4.78, 5) is 13.6. The van der Waals surface area contributed by atoms with Gasteiger partial charge in [-0.2, -0.15) is 0 Å². The van der Waals surface area contributed by atoms with Crippen molar-refractivity contribution >= 4 is 6.09 Å². The molecule has 0 bridgehead atoms. The summed E-state index contributed by atoms with van der Waals surface area (Å²) < 4.78 is 5.37. The van der Waals surface area contributed by atoms with E-state index < -0.39 is 5.60 Å². The average molecular weight is 257 g/mol. The predicted molar refractivity (Wildman–Crippen MR) is 74.4 cm³/mol. The standard InChI is InChI=1S/C16H19NO2/c1-16(2,3)19-15(18)17(14-9-10-14)12-11-13-7-5-4-6-8-13/h4-8,14H,9-10H2,1-3H3. The van der Waals surface area contributed by atoms with Gasteiger partial charge < -0.3 is 4.74 Å². The highest BCUT2D eigenvalue weighted by Crippen LogP contribution is 2.27. The van der Waals surface area contributed by atoms with Gasteiger partial charge in [0.2, 0.25) is 0 Å². The molecule has 0 atom stereocenters. The fraction of sp³-hybridized carbons (Fsp3) is 0.438. The molecule has 0 N–H and O–H groups in total. The number of benzene rings is 1. The van der Waals surface area contributed by atoms with Crippen molar-refractivity contribution in [3.8, 4) is 12.0 Å². The van der Waals surface area contributed by atoms with Gasteiger partial charge in [0.15, 0.2) is 0 Å². The van der Waals surface area contributed by atoms with Gasteiger partial charge >= 0.3 is 6.09 Å².